The van der Waals surface area contributed by atoms with Crippen LogP contribution in [0.25, 0.3) is 0 Å². The second-order valence-corrected chi connectivity index (χ2v) is 5.50. The number of amides is 1. The number of anilines is 1. The molecule has 2 rings (SSSR count). The first-order valence-electron chi connectivity index (χ1n) is 6.99. The molecule has 5 nitrogen and oxygen atoms in total. The Labute approximate surface area is 119 Å². The maximum absolute atomic E-state index is 11.8. The van der Waals surface area contributed by atoms with Crippen molar-refractivity contribution in [1.29, 1.82) is 0 Å². The zero-order valence-electron chi connectivity index (χ0n) is 11.6. The average molecular weight is 278 g/mol. The van der Waals surface area contributed by atoms with E-state index >= 15 is 0 Å². The van der Waals surface area contributed by atoms with Crippen molar-refractivity contribution in [2.24, 2.45) is 5.41 Å². The number of nitrogens with one attached hydrogen (secondary N) is 1. The first kappa shape index (κ1) is 14.7. The van der Waals surface area contributed by atoms with Crippen molar-refractivity contribution in [3.8, 4) is 5.75 Å². The van der Waals surface area contributed by atoms with E-state index in [0.717, 1.165) is 25.7 Å². The van der Waals surface area contributed by atoms with Gasteiger partial charge in [-0.15, -0.1) is 0 Å². The Kier molecular flexibility index (Phi) is 4.84. The highest BCUT2D eigenvalue weighted by Crippen LogP contribution is 2.36. The van der Waals surface area contributed by atoms with E-state index in [9.17, 15) is 9.90 Å². The van der Waals surface area contributed by atoms with Gasteiger partial charge in [-0.1, -0.05) is 12.8 Å². The summed E-state index contributed by atoms with van der Waals surface area (Å²) in [6.07, 6.45) is 4.20. The van der Waals surface area contributed by atoms with Gasteiger partial charge < -0.3 is 20.9 Å². The van der Waals surface area contributed by atoms with Crippen LogP contribution in [0.2, 0.25) is 0 Å². The third-order valence-corrected chi connectivity index (χ3v) is 3.91. The number of nitrogen functional groups attached to an aromatic ring is 1. The van der Waals surface area contributed by atoms with Crippen LogP contribution in [0.15, 0.2) is 24.3 Å². The van der Waals surface area contributed by atoms with E-state index in [-0.39, 0.29) is 24.5 Å². The Bertz CT molecular complexity index is 439. The van der Waals surface area contributed by atoms with Crippen LogP contribution in [0, 0.1) is 5.41 Å². The van der Waals surface area contributed by atoms with Gasteiger partial charge in [-0.05, 0) is 37.1 Å². The van der Waals surface area contributed by atoms with Crippen LogP contribution >= 0.6 is 0 Å². The molecule has 1 fully saturated rings. The van der Waals surface area contributed by atoms with Gasteiger partial charge >= 0.3 is 0 Å². The minimum absolute atomic E-state index is 0.0224. The smallest absolute Gasteiger partial charge is 0.257 e. The van der Waals surface area contributed by atoms with Gasteiger partial charge in [0.1, 0.15) is 5.75 Å². The largest absolute Gasteiger partial charge is 0.484 e. The molecule has 0 radical (unpaired) electrons. The molecule has 1 aliphatic carbocycles. The summed E-state index contributed by atoms with van der Waals surface area (Å²) in [6.45, 7) is 0.630. The number of rotatable bonds is 6. The number of hydrogen-bond acceptors (Lipinski definition) is 4. The topological polar surface area (TPSA) is 84.6 Å². The molecule has 110 valence electrons. The molecule has 0 unspecified atom stereocenters. The van der Waals surface area contributed by atoms with E-state index < -0.39 is 0 Å². The van der Waals surface area contributed by atoms with Crippen LogP contribution in [0.3, 0.4) is 0 Å². The lowest BCUT2D eigenvalue weighted by atomic mass is 9.87. The van der Waals surface area contributed by atoms with Crippen LogP contribution in [0.4, 0.5) is 5.69 Å². The second kappa shape index (κ2) is 6.61. The summed E-state index contributed by atoms with van der Waals surface area (Å²) in [5.41, 5.74) is 6.10. The standard InChI is InChI=1S/C15H22N2O3/c16-12-3-5-13(6-4-12)20-9-14(19)17-10-15(11-18)7-1-2-8-15/h3-6,18H,1-2,7-11,16H2,(H,17,19). The molecule has 1 aromatic carbocycles. The van der Waals surface area contributed by atoms with Gasteiger partial charge in [0.05, 0.1) is 6.61 Å². The van der Waals surface area contributed by atoms with Crippen molar-refractivity contribution >= 4 is 11.6 Å². The predicted molar refractivity (Wildman–Crippen MR) is 77.3 cm³/mol. The lowest BCUT2D eigenvalue weighted by molar-refractivity contribution is -0.123. The number of carbonyl (C=O) groups is 1. The molecule has 20 heavy (non-hydrogen) atoms. The number of aliphatic hydroxyl groups is 1. The zero-order chi connectivity index (χ0) is 14.4. The second-order valence-electron chi connectivity index (χ2n) is 5.50. The summed E-state index contributed by atoms with van der Waals surface area (Å²) in [7, 11) is 0. The molecule has 1 saturated carbocycles. The van der Waals surface area contributed by atoms with Crippen LogP contribution in [-0.4, -0.2) is 30.8 Å². The number of nitrogens with two attached hydrogens (primary N) is 1. The van der Waals surface area contributed by atoms with Gasteiger partial charge in [0, 0.05) is 17.6 Å². The molecule has 0 bridgehead atoms. The molecular weight excluding hydrogens is 256 g/mol. The van der Waals surface area contributed by atoms with E-state index in [4.69, 9.17) is 10.5 Å². The van der Waals surface area contributed by atoms with Gasteiger partial charge in [0.2, 0.25) is 0 Å². The Morgan fingerprint density at radius 1 is 1.30 bits per heavy atom. The third kappa shape index (κ3) is 3.87. The highest BCUT2D eigenvalue weighted by molar-refractivity contribution is 5.77. The van der Waals surface area contributed by atoms with Gasteiger partial charge in [-0.3, -0.25) is 4.79 Å². The maximum Gasteiger partial charge on any atom is 0.257 e. The Morgan fingerprint density at radius 3 is 2.55 bits per heavy atom. The molecule has 0 atom stereocenters. The lowest BCUT2D eigenvalue weighted by Crippen LogP contribution is -2.40. The van der Waals surface area contributed by atoms with Crippen molar-refractivity contribution in [2.45, 2.75) is 25.7 Å². The quantitative estimate of drug-likeness (QED) is 0.685. The van der Waals surface area contributed by atoms with E-state index in [1.54, 1.807) is 24.3 Å². The van der Waals surface area contributed by atoms with E-state index in [0.29, 0.717) is 18.0 Å². The third-order valence-electron chi connectivity index (χ3n) is 3.91. The predicted octanol–water partition coefficient (Wildman–Crippen LogP) is 1.32. The highest BCUT2D eigenvalue weighted by Gasteiger charge is 2.33. The van der Waals surface area contributed by atoms with E-state index in [2.05, 4.69) is 5.32 Å². The fourth-order valence-electron chi connectivity index (χ4n) is 2.57. The summed E-state index contributed by atoms with van der Waals surface area (Å²) in [4.78, 5) is 11.8. The monoisotopic (exact) mass is 278 g/mol. The van der Waals surface area contributed by atoms with Gasteiger partial charge in [-0.2, -0.15) is 0 Å². The number of aliphatic hydroxyl groups excluding tert-OH is 1. The normalized spacial score (nSPS) is 16.9. The number of benzene rings is 1. The Hall–Kier alpha value is -1.75. The van der Waals surface area contributed by atoms with Crippen LogP contribution in [0.1, 0.15) is 25.7 Å². The van der Waals surface area contributed by atoms with Gasteiger partial charge in [0.15, 0.2) is 6.61 Å². The lowest BCUT2D eigenvalue weighted by Gasteiger charge is -2.26. The summed E-state index contributed by atoms with van der Waals surface area (Å²) >= 11 is 0. The van der Waals surface area contributed by atoms with Crippen LogP contribution in [-0.2, 0) is 4.79 Å². The molecule has 1 aliphatic rings. The summed E-state index contributed by atoms with van der Waals surface area (Å²) in [5, 5.41) is 12.3. The molecule has 0 aromatic heterocycles. The Balaban J connectivity index is 1.74. The van der Waals surface area contributed by atoms with E-state index in [1.165, 1.54) is 0 Å². The molecule has 0 saturated heterocycles. The number of hydrogen-bond donors (Lipinski definition) is 3. The molecule has 1 amide bonds. The average Bonchev–Trinajstić information content (AvgIpc) is 2.94. The number of ether oxygens (including phenoxy) is 1. The molecule has 5 heteroatoms. The van der Waals surface area contributed by atoms with Crippen molar-refractivity contribution in [3.63, 3.8) is 0 Å². The summed E-state index contributed by atoms with van der Waals surface area (Å²) in [6, 6.07) is 6.92. The summed E-state index contributed by atoms with van der Waals surface area (Å²) < 4.78 is 5.37. The van der Waals surface area contributed by atoms with Crippen molar-refractivity contribution < 1.29 is 14.6 Å². The molecule has 4 N–H and O–H groups in total. The fourth-order valence-corrected chi connectivity index (χ4v) is 2.57. The molecule has 0 aliphatic heterocycles. The molecule has 0 heterocycles. The van der Waals surface area contributed by atoms with E-state index in [1.807, 2.05) is 0 Å². The van der Waals surface area contributed by atoms with Crippen LogP contribution < -0.4 is 15.8 Å². The minimum atomic E-state index is -0.165. The molecule has 1 aromatic rings. The van der Waals surface area contributed by atoms with Gasteiger partial charge in [0.25, 0.3) is 5.91 Å². The zero-order valence-corrected chi connectivity index (χ0v) is 11.6. The fraction of sp³-hybridized carbons (Fsp3) is 0.533. The molecule has 0 spiro atoms. The number of carbonyl (C=O) groups excluding carboxylic acids is 1. The maximum atomic E-state index is 11.8. The first-order chi connectivity index (χ1) is 9.63. The highest BCUT2D eigenvalue weighted by atomic mass is 16.5. The Morgan fingerprint density at radius 2 is 1.95 bits per heavy atom. The first-order valence-corrected chi connectivity index (χ1v) is 6.99. The van der Waals surface area contributed by atoms with Crippen molar-refractivity contribution in [2.75, 3.05) is 25.5 Å². The van der Waals surface area contributed by atoms with Crippen molar-refractivity contribution in [3.05, 3.63) is 24.3 Å². The van der Waals surface area contributed by atoms with Crippen LogP contribution in [0.5, 0.6) is 5.75 Å². The van der Waals surface area contributed by atoms with Crippen molar-refractivity contribution in [1.82, 2.24) is 5.32 Å². The molecular formula is C15H22N2O3. The SMILES string of the molecule is Nc1ccc(OCC(=O)NCC2(CO)CCCC2)cc1. The van der Waals surface area contributed by atoms with Gasteiger partial charge in [-0.25, -0.2) is 0 Å². The minimum Gasteiger partial charge on any atom is -0.484 e. The summed E-state index contributed by atoms with van der Waals surface area (Å²) in [5.74, 6) is 0.452.